The Balaban J connectivity index is 1.97. The molecule has 1 amide bonds. The lowest BCUT2D eigenvalue weighted by Crippen LogP contribution is -2.38. The van der Waals surface area contributed by atoms with Crippen molar-refractivity contribution in [2.75, 3.05) is 19.6 Å². The van der Waals surface area contributed by atoms with Crippen LogP contribution in [0.1, 0.15) is 37.8 Å². The topological polar surface area (TPSA) is 45.2 Å². The fourth-order valence-electron chi connectivity index (χ4n) is 2.46. The molecule has 1 atom stereocenters. The van der Waals surface area contributed by atoms with Crippen LogP contribution < -0.4 is 5.32 Å². The van der Waals surface area contributed by atoms with E-state index in [1.165, 1.54) is 0 Å². The maximum Gasteiger partial charge on any atom is 0.237 e. The van der Waals surface area contributed by atoms with Crippen molar-refractivity contribution in [2.45, 2.75) is 32.2 Å². The number of pyridine rings is 1. The molecule has 4 heteroatoms. The number of nitrogens with zero attached hydrogens (tertiary/aromatic N) is 2. The summed E-state index contributed by atoms with van der Waals surface area (Å²) in [5, 5.41) is 3.18. The number of nitrogens with one attached hydrogen (secondary N) is 1. The van der Waals surface area contributed by atoms with Gasteiger partial charge < -0.3 is 10.2 Å². The van der Waals surface area contributed by atoms with Crippen LogP contribution in [-0.4, -0.2) is 35.4 Å². The van der Waals surface area contributed by atoms with Gasteiger partial charge in [0.15, 0.2) is 0 Å². The zero-order chi connectivity index (χ0) is 12.8. The van der Waals surface area contributed by atoms with Gasteiger partial charge in [0, 0.05) is 18.9 Å². The van der Waals surface area contributed by atoms with Crippen LogP contribution in [0.4, 0.5) is 0 Å². The number of aromatic nitrogens is 1. The fourth-order valence-corrected chi connectivity index (χ4v) is 2.46. The summed E-state index contributed by atoms with van der Waals surface area (Å²) in [5.74, 6) is 0.204. The number of rotatable bonds is 5. The molecule has 0 saturated carbocycles. The number of hydrogen-bond donors (Lipinski definition) is 1. The molecule has 0 spiro atoms. The van der Waals surface area contributed by atoms with Crippen LogP contribution in [-0.2, 0) is 4.79 Å². The Kier molecular flexibility index (Phi) is 4.70. The number of carbonyl (C=O) groups is 1. The quantitative estimate of drug-likeness (QED) is 0.806. The molecule has 1 aromatic heterocycles. The third kappa shape index (κ3) is 3.07. The van der Waals surface area contributed by atoms with E-state index in [2.05, 4.69) is 23.3 Å². The van der Waals surface area contributed by atoms with E-state index in [1.807, 2.05) is 17.2 Å². The Labute approximate surface area is 108 Å². The molecule has 1 unspecified atom stereocenters. The first-order valence-corrected chi connectivity index (χ1v) is 6.73. The fraction of sp³-hybridized carbons (Fsp3) is 0.571. The van der Waals surface area contributed by atoms with Gasteiger partial charge in [-0.2, -0.15) is 0 Å². The molecule has 1 aromatic rings. The molecular formula is C14H21N3O. The van der Waals surface area contributed by atoms with Crippen LogP contribution in [0.15, 0.2) is 24.5 Å². The molecule has 0 aliphatic carbocycles. The van der Waals surface area contributed by atoms with E-state index >= 15 is 0 Å². The summed E-state index contributed by atoms with van der Waals surface area (Å²) in [5.41, 5.74) is 1.15. The molecule has 98 valence electrons. The second-order valence-electron chi connectivity index (χ2n) is 4.71. The smallest absolute Gasteiger partial charge is 0.237 e. The maximum atomic E-state index is 12.1. The Hall–Kier alpha value is -1.42. The van der Waals surface area contributed by atoms with E-state index in [0.29, 0.717) is 6.54 Å². The molecule has 0 radical (unpaired) electrons. The Bertz CT molecular complexity index is 380. The van der Waals surface area contributed by atoms with Crippen molar-refractivity contribution in [3.8, 4) is 0 Å². The van der Waals surface area contributed by atoms with Gasteiger partial charge in [-0.1, -0.05) is 13.0 Å². The summed E-state index contributed by atoms with van der Waals surface area (Å²) in [4.78, 5) is 18.3. The predicted octanol–water partition coefficient (Wildman–Crippen LogP) is 1.74. The van der Waals surface area contributed by atoms with Gasteiger partial charge >= 0.3 is 0 Å². The van der Waals surface area contributed by atoms with Crippen molar-refractivity contribution >= 4 is 5.91 Å². The van der Waals surface area contributed by atoms with Crippen LogP contribution in [0.5, 0.6) is 0 Å². The molecule has 2 heterocycles. The minimum absolute atomic E-state index is 0.204. The van der Waals surface area contributed by atoms with E-state index < -0.39 is 0 Å². The Morgan fingerprint density at radius 2 is 2.50 bits per heavy atom. The van der Waals surface area contributed by atoms with Gasteiger partial charge in [0.2, 0.25) is 5.91 Å². The van der Waals surface area contributed by atoms with Crippen molar-refractivity contribution in [2.24, 2.45) is 0 Å². The van der Waals surface area contributed by atoms with Crippen LogP contribution in [0.2, 0.25) is 0 Å². The van der Waals surface area contributed by atoms with Crippen molar-refractivity contribution in [1.82, 2.24) is 15.2 Å². The molecule has 1 N–H and O–H groups in total. The maximum absolute atomic E-state index is 12.1. The SMILES string of the molecule is CCCNCC(=O)N1CCCC1c1cccnc1. The third-order valence-electron chi connectivity index (χ3n) is 3.35. The van der Waals surface area contributed by atoms with E-state index in [4.69, 9.17) is 0 Å². The minimum atomic E-state index is 0.204. The number of likely N-dealkylation sites (tertiary alicyclic amines) is 1. The van der Waals surface area contributed by atoms with Gasteiger partial charge in [-0.15, -0.1) is 0 Å². The number of amides is 1. The van der Waals surface area contributed by atoms with E-state index in [-0.39, 0.29) is 11.9 Å². The normalized spacial score (nSPS) is 19.2. The molecule has 1 aliphatic heterocycles. The summed E-state index contributed by atoms with van der Waals surface area (Å²) in [6.07, 6.45) is 6.83. The highest BCUT2D eigenvalue weighted by Crippen LogP contribution is 2.31. The highest BCUT2D eigenvalue weighted by molar-refractivity contribution is 5.79. The number of carbonyl (C=O) groups excluding carboxylic acids is 1. The van der Waals surface area contributed by atoms with Crippen LogP contribution in [0.25, 0.3) is 0 Å². The van der Waals surface area contributed by atoms with Crippen molar-refractivity contribution in [3.63, 3.8) is 0 Å². The molecule has 1 fully saturated rings. The third-order valence-corrected chi connectivity index (χ3v) is 3.35. The summed E-state index contributed by atoms with van der Waals surface area (Å²) in [6.45, 7) is 4.32. The standard InChI is InChI=1S/C14H21N3O/c1-2-7-15-11-14(18)17-9-4-6-13(17)12-5-3-8-16-10-12/h3,5,8,10,13,15H,2,4,6-7,9,11H2,1H3. The molecule has 2 rings (SSSR count). The highest BCUT2D eigenvalue weighted by Gasteiger charge is 2.29. The largest absolute Gasteiger partial charge is 0.334 e. The van der Waals surface area contributed by atoms with Crippen LogP contribution in [0, 0.1) is 0 Å². The second-order valence-corrected chi connectivity index (χ2v) is 4.71. The number of hydrogen-bond acceptors (Lipinski definition) is 3. The van der Waals surface area contributed by atoms with Gasteiger partial charge in [0.1, 0.15) is 0 Å². The first-order valence-electron chi connectivity index (χ1n) is 6.73. The second kappa shape index (κ2) is 6.50. The predicted molar refractivity (Wildman–Crippen MR) is 71.1 cm³/mol. The summed E-state index contributed by atoms with van der Waals surface area (Å²) in [7, 11) is 0. The lowest BCUT2D eigenvalue weighted by Gasteiger charge is -2.25. The molecule has 4 nitrogen and oxygen atoms in total. The lowest BCUT2D eigenvalue weighted by atomic mass is 10.1. The van der Waals surface area contributed by atoms with Crippen LogP contribution >= 0.6 is 0 Å². The van der Waals surface area contributed by atoms with Crippen molar-refractivity contribution in [1.29, 1.82) is 0 Å². The monoisotopic (exact) mass is 247 g/mol. The molecule has 18 heavy (non-hydrogen) atoms. The molecule has 0 bridgehead atoms. The summed E-state index contributed by atoms with van der Waals surface area (Å²) in [6, 6.07) is 4.21. The minimum Gasteiger partial charge on any atom is -0.334 e. The molecule has 1 saturated heterocycles. The highest BCUT2D eigenvalue weighted by atomic mass is 16.2. The average Bonchev–Trinajstić information content (AvgIpc) is 2.89. The molecular weight excluding hydrogens is 226 g/mol. The summed E-state index contributed by atoms with van der Waals surface area (Å²) >= 11 is 0. The lowest BCUT2D eigenvalue weighted by molar-refractivity contribution is -0.131. The Morgan fingerprint density at radius 3 is 3.22 bits per heavy atom. The Morgan fingerprint density at radius 1 is 1.61 bits per heavy atom. The first-order chi connectivity index (χ1) is 8.83. The van der Waals surface area contributed by atoms with Crippen molar-refractivity contribution < 1.29 is 4.79 Å². The molecule has 0 aromatic carbocycles. The van der Waals surface area contributed by atoms with Gasteiger partial charge in [0.25, 0.3) is 0 Å². The van der Waals surface area contributed by atoms with Gasteiger partial charge in [0.05, 0.1) is 12.6 Å². The molecule has 1 aliphatic rings. The zero-order valence-electron chi connectivity index (χ0n) is 10.9. The van der Waals surface area contributed by atoms with E-state index in [9.17, 15) is 4.79 Å². The first kappa shape index (κ1) is 13.0. The van der Waals surface area contributed by atoms with E-state index in [1.54, 1.807) is 6.20 Å². The van der Waals surface area contributed by atoms with Crippen molar-refractivity contribution in [3.05, 3.63) is 30.1 Å². The van der Waals surface area contributed by atoms with E-state index in [0.717, 1.165) is 37.9 Å². The van der Waals surface area contributed by atoms with Crippen LogP contribution in [0.3, 0.4) is 0 Å². The average molecular weight is 247 g/mol. The van der Waals surface area contributed by atoms with Gasteiger partial charge in [-0.05, 0) is 37.4 Å². The van der Waals surface area contributed by atoms with Gasteiger partial charge in [-0.25, -0.2) is 0 Å². The zero-order valence-corrected chi connectivity index (χ0v) is 10.9. The van der Waals surface area contributed by atoms with Gasteiger partial charge in [-0.3, -0.25) is 9.78 Å². The summed E-state index contributed by atoms with van der Waals surface area (Å²) < 4.78 is 0.